The van der Waals surface area contributed by atoms with Crippen LogP contribution >= 0.6 is 0 Å². The number of Topliss-reactive ketones (excluding diaryl/α,β-unsaturated/α-hetero) is 1. The quantitative estimate of drug-likeness (QED) is 0.166. The monoisotopic (exact) mass is 484 g/mol. The summed E-state index contributed by atoms with van der Waals surface area (Å²) in [6.07, 6.45) is 12.4. The van der Waals surface area contributed by atoms with E-state index < -0.39 is 11.8 Å². The number of hydrogen-bond acceptors (Lipinski definition) is 5. The number of benzene rings is 1. The van der Waals surface area contributed by atoms with E-state index in [0.717, 1.165) is 50.5 Å². The molecule has 0 aliphatic carbocycles. The fraction of sp³-hybridized carbons (Fsp3) is 0.600. The van der Waals surface area contributed by atoms with Crippen LogP contribution in [0.15, 0.2) is 29.4 Å². The lowest BCUT2D eigenvalue weighted by atomic mass is 9.92. The zero-order valence-electron chi connectivity index (χ0n) is 22.6. The molecule has 5 heteroatoms. The number of cyclic esters (lactones) is 1. The van der Waals surface area contributed by atoms with Gasteiger partial charge in [-0.3, -0.25) is 4.79 Å². The fourth-order valence-corrected chi connectivity index (χ4v) is 4.52. The molecule has 0 fully saturated rings. The summed E-state index contributed by atoms with van der Waals surface area (Å²) in [5.74, 6) is -1.36. The number of phenols is 1. The van der Waals surface area contributed by atoms with Crippen molar-refractivity contribution in [2.45, 2.75) is 118 Å². The summed E-state index contributed by atoms with van der Waals surface area (Å²) >= 11 is 0. The zero-order chi connectivity index (χ0) is 26.0. The highest BCUT2D eigenvalue weighted by molar-refractivity contribution is 5.97. The van der Waals surface area contributed by atoms with Crippen molar-refractivity contribution in [3.63, 3.8) is 0 Å². The van der Waals surface area contributed by atoms with Crippen LogP contribution in [0.3, 0.4) is 0 Å². The molecule has 194 valence electrons. The van der Waals surface area contributed by atoms with Gasteiger partial charge in [-0.25, -0.2) is 4.79 Å². The SMILES string of the molecule is CCCCCc1cc(O)c(CC=C(C)CCC=C(C)C)c2c1C(=O)OC(CCCC)(CC(C)=O)O2. The van der Waals surface area contributed by atoms with Gasteiger partial charge in [0.1, 0.15) is 22.8 Å². The summed E-state index contributed by atoms with van der Waals surface area (Å²) in [6.45, 7) is 11.9. The van der Waals surface area contributed by atoms with E-state index >= 15 is 0 Å². The number of esters is 1. The maximum atomic E-state index is 13.4. The maximum Gasteiger partial charge on any atom is 0.345 e. The zero-order valence-corrected chi connectivity index (χ0v) is 22.6. The van der Waals surface area contributed by atoms with Gasteiger partial charge in [0.25, 0.3) is 5.79 Å². The minimum absolute atomic E-state index is 0.00395. The standard InChI is InChI=1S/C30H44O5/c1-7-9-11-15-24-19-26(32)25(17-16-22(5)14-12-13-21(3)4)28-27(24)29(33)35-30(34-28,18-10-8-2)20-23(6)31/h13,16,19,32H,7-12,14-15,17-18,20H2,1-6H3. The first-order chi connectivity index (χ1) is 16.6. The van der Waals surface area contributed by atoms with Gasteiger partial charge < -0.3 is 14.6 Å². The molecular formula is C30H44O5. The Morgan fingerprint density at radius 3 is 2.37 bits per heavy atom. The molecular weight excluding hydrogens is 440 g/mol. The Kier molecular flexibility index (Phi) is 11.1. The molecule has 0 spiro atoms. The van der Waals surface area contributed by atoms with Crippen molar-refractivity contribution in [3.05, 3.63) is 46.1 Å². The number of unbranched alkanes of at least 4 members (excludes halogenated alkanes) is 3. The van der Waals surface area contributed by atoms with Gasteiger partial charge in [-0.05, 0) is 77.8 Å². The van der Waals surface area contributed by atoms with E-state index in [-0.39, 0.29) is 18.0 Å². The summed E-state index contributed by atoms with van der Waals surface area (Å²) in [6, 6.07) is 1.70. The van der Waals surface area contributed by atoms with E-state index in [0.29, 0.717) is 36.1 Å². The van der Waals surface area contributed by atoms with Crippen molar-refractivity contribution in [1.29, 1.82) is 0 Å². The Bertz CT molecular complexity index is 952. The molecule has 1 aliphatic heterocycles. The summed E-state index contributed by atoms with van der Waals surface area (Å²) in [7, 11) is 0. The van der Waals surface area contributed by atoms with Crippen LogP contribution in [-0.2, 0) is 22.4 Å². The van der Waals surface area contributed by atoms with Gasteiger partial charge in [0, 0.05) is 12.0 Å². The summed E-state index contributed by atoms with van der Waals surface area (Å²) < 4.78 is 12.3. The molecule has 0 aromatic heterocycles. The van der Waals surface area contributed by atoms with E-state index in [9.17, 15) is 14.7 Å². The molecule has 35 heavy (non-hydrogen) atoms. The molecule has 5 nitrogen and oxygen atoms in total. The van der Waals surface area contributed by atoms with Crippen LogP contribution in [0.4, 0.5) is 0 Å². The van der Waals surface area contributed by atoms with E-state index in [1.54, 1.807) is 6.07 Å². The Hall–Kier alpha value is -2.56. The number of ether oxygens (including phenoxy) is 2. The first-order valence-electron chi connectivity index (χ1n) is 13.2. The van der Waals surface area contributed by atoms with Gasteiger partial charge in [0.05, 0.1) is 6.42 Å². The molecule has 1 unspecified atom stereocenters. The van der Waals surface area contributed by atoms with Crippen LogP contribution in [0.2, 0.25) is 0 Å². The second-order valence-corrected chi connectivity index (χ2v) is 10.2. The third-order valence-electron chi connectivity index (χ3n) is 6.44. The normalized spacial score (nSPS) is 17.4. The van der Waals surface area contributed by atoms with E-state index in [2.05, 4.69) is 39.8 Å². The van der Waals surface area contributed by atoms with Gasteiger partial charge in [0.15, 0.2) is 0 Å². The highest BCUT2D eigenvalue weighted by Gasteiger charge is 2.45. The van der Waals surface area contributed by atoms with Gasteiger partial charge in [-0.1, -0.05) is 56.4 Å². The van der Waals surface area contributed by atoms with Crippen molar-refractivity contribution in [3.8, 4) is 11.5 Å². The molecule has 0 amide bonds. The molecule has 1 aromatic rings. The molecule has 0 saturated heterocycles. The maximum absolute atomic E-state index is 13.4. The topological polar surface area (TPSA) is 72.8 Å². The van der Waals surface area contributed by atoms with Crippen LogP contribution in [0.5, 0.6) is 11.5 Å². The number of aromatic hydroxyl groups is 1. The molecule has 1 atom stereocenters. The van der Waals surface area contributed by atoms with Crippen LogP contribution < -0.4 is 4.74 Å². The third-order valence-corrected chi connectivity index (χ3v) is 6.44. The second-order valence-electron chi connectivity index (χ2n) is 10.2. The largest absolute Gasteiger partial charge is 0.508 e. The van der Waals surface area contributed by atoms with E-state index in [1.165, 1.54) is 18.1 Å². The molecule has 1 aromatic carbocycles. The van der Waals surface area contributed by atoms with Crippen molar-refractivity contribution < 1.29 is 24.2 Å². The Morgan fingerprint density at radius 1 is 1.03 bits per heavy atom. The summed E-state index contributed by atoms with van der Waals surface area (Å²) in [5.41, 5.74) is 4.24. The number of ketones is 1. The highest BCUT2D eigenvalue weighted by Crippen LogP contribution is 2.44. The number of hydrogen-bond donors (Lipinski definition) is 1. The van der Waals surface area contributed by atoms with E-state index in [1.807, 2.05) is 6.92 Å². The van der Waals surface area contributed by atoms with Crippen molar-refractivity contribution in [2.24, 2.45) is 0 Å². The number of carbonyl (C=O) groups is 2. The molecule has 1 aliphatic rings. The average molecular weight is 485 g/mol. The van der Waals surface area contributed by atoms with Gasteiger partial charge in [-0.15, -0.1) is 0 Å². The highest BCUT2D eigenvalue weighted by atomic mass is 16.7. The minimum atomic E-state index is -1.32. The number of phenolic OH excluding ortho intramolecular Hbond substituents is 1. The molecule has 1 N–H and O–H groups in total. The van der Waals surface area contributed by atoms with Crippen molar-refractivity contribution in [2.75, 3.05) is 0 Å². The van der Waals surface area contributed by atoms with Crippen LogP contribution in [-0.4, -0.2) is 22.6 Å². The van der Waals surface area contributed by atoms with Crippen LogP contribution in [0, 0.1) is 0 Å². The summed E-state index contributed by atoms with van der Waals surface area (Å²) in [5, 5.41) is 11.0. The lowest BCUT2D eigenvalue weighted by Gasteiger charge is -2.39. The first-order valence-corrected chi connectivity index (χ1v) is 13.2. The minimum Gasteiger partial charge on any atom is -0.508 e. The van der Waals surface area contributed by atoms with Crippen molar-refractivity contribution >= 4 is 11.8 Å². The third kappa shape index (κ3) is 8.26. The lowest BCUT2D eigenvalue weighted by molar-refractivity contribution is -0.169. The van der Waals surface area contributed by atoms with Gasteiger partial charge >= 0.3 is 5.97 Å². The Morgan fingerprint density at radius 2 is 1.74 bits per heavy atom. The predicted octanol–water partition coefficient (Wildman–Crippen LogP) is 7.77. The second kappa shape index (κ2) is 13.5. The Labute approximate surface area is 211 Å². The average Bonchev–Trinajstić information content (AvgIpc) is 2.76. The van der Waals surface area contributed by atoms with Crippen LogP contribution in [0.25, 0.3) is 0 Å². The first kappa shape index (κ1) is 28.7. The summed E-state index contributed by atoms with van der Waals surface area (Å²) in [4.78, 5) is 25.5. The molecule has 2 rings (SSSR count). The van der Waals surface area contributed by atoms with Crippen molar-refractivity contribution in [1.82, 2.24) is 0 Å². The number of aryl methyl sites for hydroxylation is 1. The Balaban J connectivity index is 2.51. The molecule has 0 saturated carbocycles. The number of fused-ring (bicyclic) bond motifs is 1. The smallest absolute Gasteiger partial charge is 0.345 e. The molecule has 0 radical (unpaired) electrons. The van der Waals surface area contributed by atoms with Gasteiger partial charge in [0.2, 0.25) is 0 Å². The number of allylic oxidation sites excluding steroid dienone is 4. The number of rotatable bonds is 14. The number of carbonyl (C=O) groups excluding carboxylic acids is 2. The molecule has 0 bridgehead atoms. The fourth-order valence-electron chi connectivity index (χ4n) is 4.52. The van der Waals surface area contributed by atoms with Crippen LogP contribution in [0.1, 0.15) is 121 Å². The predicted molar refractivity (Wildman–Crippen MR) is 141 cm³/mol. The molecule has 1 heterocycles. The van der Waals surface area contributed by atoms with Gasteiger partial charge in [-0.2, -0.15) is 0 Å². The lowest BCUT2D eigenvalue weighted by Crippen LogP contribution is -2.46. The van der Waals surface area contributed by atoms with E-state index in [4.69, 9.17) is 9.47 Å².